The van der Waals surface area contributed by atoms with Crippen LogP contribution < -0.4 is 4.74 Å². The number of amidine groups is 1. The first-order valence-electron chi connectivity index (χ1n) is 9.47. The molecule has 0 radical (unpaired) electrons. The average Bonchev–Trinajstić information content (AvgIpc) is 3.43. The monoisotopic (exact) mass is 390 g/mol. The van der Waals surface area contributed by atoms with Gasteiger partial charge in [0.25, 0.3) is 0 Å². The zero-order valence-corrected chi connectivity index (χ0v) is 16.7. The number of rotatable bonds is 4. The first kappa shape index (κ1) is 17.4. The zero-order chi connectivity index (χ0) is 19.1. The Hall–Kier alpha value is -2.73. The van der Waals surface area contributed by atoms with Crippen LogP contribution in [0, 0.1) is 0 Å². The predicted molar refractivity (Wildman–Crippen MR) is 113 cm³/mol. The van der Waals surface area contributed by atoms with E-state index in [0.717, 1.165) is 28.8 Å². The smallest absolute Gasteiger partial charge is 0.160 e. The number of nitrogens with zero attached hydrogens (tertiary/aromatic N) is 4. The van der Waals surface area contributed by atoms with Crippen molar-refractivity contribution in [2.75, 3.05) is 13.7 Å². The fourth-order valence-electron chi connectivity index (χ4n) is 3.98. The first-order valence-corrected chi connectivity index (χ1v) is 10.4. The summed E-state index contributed by atoms with van der Waals surface area (Å²) in [6.45, 7) is 3.28. The molecule has 1 aromatic carbocycles. The van der Waals surface area contributed by atoms with E-state index in [-0.39, 0.29) is 12.1 Å². The lowest BCUT2D eigenvalue weighted by atomic mass is 9.99. The SMILES string of the molecule is COc1ccc(-n2ccc([C@@H]3[C@H](c4ccccn4)N=C4S[C@@H](C)CN43)c2)cc1. The molecule has 3 aromatic rings. The second kappa shape index (κ2) is 7.02. The molecular formula is C22H22N4OS. The Bertz CT molecular complexity index is 999. The van der Waals surface area contributed by atoms with Crippen LogP contribution in [0.1, 0.15) is 30.3 Å². The number of hydrogen-bond donors (Lipinski definition) is 0. The summed E-state index contributed by atoms with van der Waals surface area (Å²) in [5.41, 5.74) is 3.41. The molecule has 0 spiro atoms. The van der Waals surface area contributed by atoms with Gasteiger partial charge >= 0.3 is 0 Å². The molecule has 2 aliphatic rings. The van der Waals surface area contributed by atoms with Gasteiger partial charge in [0.1, 0.15) is 11.8 Å². The fraction of sp³-hybridized carbons (Fsp3) is 0.273. The van der Waals surface area contributed by atoms with E-state index in [1.807, 2.05) is 42.2 Å². The Morgan fingerprint density at radius 1 is 1.11 bits per heavy atom. The van der Waals surface area contributed by atoms with Crippen LogP contribution in [-0.2, 0) is 0 Å². The lowest BCUT2D eigenvalue weighted by Gasteiger charge is -2.26. The van der Waals surface area contributed by atoms with Gasteiger partial charge in [-0.1, -0.05) is 24.8 Å². The summed E-state index contributed by atoms with van der Waals surface area (Å²) >= 11 is 1.87. The lowest BCUT2D eigenvalue weighted by molar-refractivity contribution is 0.321. The van der Waals surface area contributed by atoms with Crippen molar-refractivity contribution < 1.29 is 4.74 Å². The van der Waals surface area contributed by atoms with Gasteiger partial charge in [0.15, 0.2) is 5.17 Å². The van der Waals surface area contributed by atoms with Gasteiger partial charge in [0.2, 0.25) is 0 Å². The molecule has 0 N–H and O–H groups in total. The molecular weight excluding hydrogens is 368 g/mol. The summed E-state index contributed by atoms with van der Waals surface area (Å²) in [7, 11) is 1.69. The van der Waals surface area contributed by atoms with Crippen LogP contribution in [-0.4, -0.2) is 38.5 Å². The van der Waals surface area contributed by atoms with Crippen LogP contribution in [0.4, 0.5) is 0 Å². The molecule has 5 nitrogen and oxygen atoms in total. The summed E-state index contributed by atoms with van der Waals surface area (Å²) in [6, 6.07) is 16.6. The van der Waals surface area contributed by atoms with Crippen LogP contribution in [0.5, 0.6) is 5.75 Å². The van der Waals surface area contributed by atoms with Crippen LogP contribution in [0.3, 0.4) is 0 Å². The maximum Gasteiger partial charge on any atom is 0.160 e. The Morgan fingerprint density at radius 3 is 2.71 bits per heavy atom. The maximum absolute atomic E-state index is 5.27. The number of ether oxygens (including phenoxy) is 1. The predicted octanol–water partition coefficient (Wildman–Crippen LogP) is 4.47. The second-order valence-corrected chi connectivity index (χ2v) is 8.59. The molecule has 0 saturated carbocycles. The molecule has 142 valence electrons. The fourth-order valence-corrected chi connectivity index (χ4v) is 5.07. The van der Waals surface area contributed by atoms with Crippen molar-refractivity contribution >= 4 is 16.9 Å². The quantitative estimate of drug-likeness (QED) is 0.659. The highest BCUT2D eigenvalue weighted by Gasteiger charge is 2.43. The Labute approximate surface area is 169 Å². The van der Waals surface area contributed by atoms with Crippen LogP contribution in [0.15, 0.2) is 72.1 Å². The maximum atomic E-state index is 5.27. The van der Waals surface area contributed by atoms with Gasteiger partial charge in [-0.3, -0.25) is 9.98 Å². The normalized spacial score (nSPS) is 23.6. The number of pyridine rings is 1. The van der Waals surface area contributed by atoms with E-state index in [9.17, 15) is 0 Å². The molecule has 0 amide bonds. The van der Waals surface area contributed by atoms with E-state index in [1.54, 1.807) is 7.11 Å². The summed E-state index contributed by atoms with van der Waals surface area (Å²) in [5, 5.41) is 1.71. The number of methoxy groups -OCH3 is 1. The van der Waals surface area contributed by atoms with Crippen molar-refractivity contribution in [1.82, 2.24) is 14.5 Å². The van der Waals surface area contributed by atoms with E-state index in [1.165, 1.54) is 5.56 Å². The van der Waals surface area contributed by atoms with Crippen molar-refractivity contribution in [2.45, 2.75) is 24.3 Å². The summed E-state index contributed by atoms with van der Waals surface area (Å²) in [6.07, 6.45) is 6.19. The minimum atomic E-state index is 0.0305. The highest BCUT2D eigenvalue weighted by Crippen LogP contribution is 2.47. The van der Waals surface area contributed by atoms with Crippen molar-refractivity contribution in [3.8, 4) is 11.4 Å². The largest absolute Gasteiger partial charge is 0.497 e. The van der Waals surface area contributed by atoms with E-state index in [4.69, 9.17) is 9.73 Å². The number of hydrogen-bond acceptors (Lipinski definition) is 5. The van der Waals surface area contributed by atoms with Crippen LogP contribution in [0.2, 0.25) is 0 Å². The Balaban J connectivity index is 1.50. The summed E-state index contributed by atoms with van der Waals surface area (Å²) in [5.74, 6) is 0.864. The topological polar surface area (TPSA) is 42.6 Å². The van der Waals surface area contributed by atoms with Gasteiger partial charge < -0.3 is 14.2 Å². The number of benzene rings is 1. The third-order valence-corrected chi connectivity index (χ3v) is 6.41. The van der Waals surface area contributed by atoms with Crippen LogP contribution >= 0.6 is 11.8 Å². The molecule has 0 unspecified atom stereocenters. The molecule has 5 rings (SSSR count). The molecule has 1 saturated heterocycles. The van der Waals surface area contributed by atoms with Crippen LogP contribution in [0.25, 0.3) is 5.69 Å². The molecule has 3 atom stereocenters. The van der Waals surface area contributed by atoms with Crippen molar-refractivity contribution in [1.29, 1.82) is 0 Å². The highest BCUT2D eigenvalue weighted by atomic mass is 32.2. The Morgan fingerprint density at radius 2 is 1.96 bits per heavy atom. The van der Waals surface area contributed by atoms with Crippen molar-refractivity contribution in [2.24, 2.45) is 4.99 Å². The molecule has 4 heterocycles. The standard InChI is InChI=1S/C22H22N4OS/c1-15-13-26-21(20(24-22(26)28-15)19-5-3-4-11-23-19)16-10-12-25(14-16)17-6-8-18(27-2)9-7-17/h3-12,14-15,20-21H,13H2,1-2H3/t15-,20-,21+/m0/s1. The van der Waals surface area contributed by atoms with Crippen molar-refractivity contribution in [3.63, 3.8) is 0 Å². The third-order valence-electron chi connectivity index (χ3n) is 5.31. The van der Waals surface area contributed by atoms with Crippen molar-refractivity contribution in [3.05, 3.63) is 78.4 Å². The molecule has 0 bridgehead atoms. The van der Waals surface area contributed by atoms with Gasteiger partial charge in [-0.15, -0.1) is 0 Å². The molecule has 6 heteroatoms. The minimum Gasteiger partial charge on any atom is -0.497 e. The van der Waals surface area contributed by atoms with Gasteiger partial charge in [-0.05, 0) is 48.0 Å². The third kappa shape index (κ3) is 2.98. The molecule has 2 aromatic heterocycles. The molecule has 28 heavy (non-hydrogen) atoms. The number of aliphatic imine (C=N–C) groups is 1. The Kier molecular flexibility index (Phi) is 4.36. The average molecular weight is 391 g/mol. The highest BCUT2D eigenvalue weighted by molar-refractivity contribution is 8.14. The van der Waals surface area contributed by atoms with Gasteiger partial charge in [-0.25, -0.2) is 0 Å². The summed E-state index contributed by atoms with van der Waals surface area (Å²) < 4.78 is 7.43. The number of fused-ring (bicyclic) bond motifs is 1. The molecule has 0 aliphatic carbocycles. The van der Waals surface area contributed by atoms with E-state index >= 15 is 0 Å². The lowest BCUT2D eigenvalue weighted by Crippen LogP contribution is -2.28. The molecule has 1 fully saturated rings. The zero-order valence-electron chi connectivity index (χ0n) is 15.9. The molecule has 2 aliphatic heterocycles. The van der Waals surface area contributed by atoms with E-state index < -0.39 is 0 Å². The summed E-state index contributed by atoms with van der Waals surface area (Å²) in [4.78, 5) is 12.1. The van der Waals surface area contributed by atoms with Gasteiger partial charge in [0.05, 0.1) is 18.8 Å². The minimum absolute atomic E-state index is 0.0305. The number of thioether (sulfide) groups is 1. The number of aromatic nitrogens is 2. The van der Waals surface area contributed by atoms with E-state index in [0.29, 0.717) is 5.25 Å². The van der Waals surface area contributed by atoms with Gasteiger partial charge in [-0.2, -0.15) is 0 Å². The van der Waals surface area contributed by atoms with Gasteiger partial charge in [0, 0.05) is 36.1 Å². The first-order chi connectivity index (χ1) is 13.7. The van der Waals surface area contributed by atoms with E-state index in [2.05, 4.69) is 58.0 Å². The second-order valence-electron chi connectivity index (χ2n) is 7.19.